The third kappa shape index (κ3) is 236. The predicted octanol–water partition coefficient (Wildman–Crippen LogP) is -20.1. The summed E-state index contributed by atoms with van der Waals surface area (Å²) in [6, 6.07) is 0. The maximum atomic E-state index is 8.77. The van der Waals surface area contributed by atoms with Crippen LogP contribution in [0.1, 0.15) is 1.43 Å². The molecule has 0 amide bonds. The Morgan fingerprint density at radius 3 is 0.750 bits per heavy atom. The first-order chi connectivity index (χ1) is 4.00. The quantitative estimate of drug-likeness (QED) is 0.323. The third-order valence-electron chi connectivity index (χ3n) is 0. The van der Waals surface area contributed by atoms with Gasteiger partial charge in [-0.2, -0.15) is 7.82 Å². The van der Waals surface area contributed by atoms with Crippen molar-refractivity contribution in [3.05, 3.63) is 0 Å². The molecule has 74 valence electrons. The molecule has 0 aliphatic carbocycles. The predicted molar refractivity (Wildman–Crippen MR) is 24.4 cm³/mol. The zero-order chi connectivity index (χ0) is 9.00. The summed E-state index contributed by atoms with van der Waals surface area (Å²) in [5, 5.41) is 0. The minimum atomic E-state index is -5.39. The van der Waals surface area contributed by atoms with Crippen LogP contribution in [0.4, 0.5) is 0 Å². The Bertz CT molecular complexity index is 140. The van der Waals surface area contributed by atoms with Crippen LogP contribution in [0, 0.1) is 0 Å². The summed E-state index contributed by atoms with van der Waals surface area (Å²) in [5.41, 5.74) is 0. The smallest absolute Gasteiger partial charge is 1.00 e. The number of rotatable bonds is 0. The first kappa shape index (κ1) is 49.7. The van der Waals surface area contributed by atoms with E-state index in [0.29, 0.717) is 0 Å². The van der Waals surface area contributed by atoms with Gasteiger partial charge in [0.2, 0.25) is 0 Å². The fourth-order valence-electron chi connectivity index (χ4n) is 0. The summed E-state index contributed by atoms with van der Waals surface area (Å²) >= 11 is 0. The average molecular weight is 326 g/mol. The molecular weight excluding hydrogens is 321 g/mol. The second kappa shape index (κ2) is 25.2. The van der Waals surface area contributed by atoms with Gasteiger partial charge >= 0.3 is 148 Å². The topological polar surface area (TPSA) is 198 Å². The van der Waals surface area contributed by atoms with Crippen molar-refractivity contribution in [3.63, 3.8) is 0 Å². The van der Waals surface area contributed by atoms with Gasteiger partial charge < -0.3 is 40.8 Å². The molecule has 0 aromatic heterocycles. The van der Waals surface area contributed by atoms with Crippen LogP contribution in [0.5, 0.6) is 0 Å². The number of hydrogen-bond acceptors (Lipinski definition) is 6. The summed E-state index contributed by atoms with van der Waals surface area (Å²) in [5.74, 6) is 0. The van der Waals surface area contributed by atoms with Gasteiger partial charge in [0, 0.05) is 0 Å². The maximum absolute atomic E-state index is 8.77. The Morgan fingerprint density at radius 1 is 0.750 bits per heavy atom. The fraction of sp³-hybridized carbons (Fsp3) is 0. The van der Waals surface area contributed by atoms with E-state index in [2.05, 4.69) is 0 Å². The molecule has 0 aromatic rings. The first-order valence-corrected chi connectivity index (χ1v) is 4.49. The molecule has 4 N–H and O–H groups in total. The maximum Gasteiger partial charge on any atom is 1.00 e. The molecule has 0 rings (SSSR count). The molecule has 0 aliphatic heterocycles. The van der Waals surface area contributed by atoms with Gasteiger partial charge in [-0.25, -0.2) is 0 Å². The first-order valence-electron chi connectivity index (χ1n) is 1.50. The monoisotopic (exact) mass is 326 g/mol. The largest absolute Gasteiger partial charge is 1.00 e. The van der Waals surface area contributed by atoms with Crippen molar-refractivity contribution in [1.29, 1.82) is 0 Å². The van der Waals surface area contributed by atoms with Crippen LogP contribution < -0.4 is 167 Å². The molecule has 16 heteroatoms. The van der Waals surface area contributed by atoms with Crippen LogP contribution >= 0.6 is 15.6 Å². The molecule has 0 radical (unpaired) electrons. The standard InChI is InChI=1S/5Na.2H3O4P.H2O.H/c;;;;;2*1-5(2,3)4;;/h;;;;;2*(H3,1,2,3,4);1H2;/q5*+1;;;;-1/p-4. The van der Waals surface area contributed by atoms with Gasteiger partial charge in [0.15, 0.2) is 0 Å². The van der Waals surface area contributed by atoms with Crippen molar-refractivity contribution in [2.24, 2.45) is 0 Å². The Kier molecular flexibility index (Phi) is 78.1. The van der Waals surface area contributed by atoms with Crippen LogP contribution in [0.25, 0.3) is 0 Å². The summed E-state index contributed by atoms with van der Waals surface area (Å²) in [6.07, 6.45) is 0. The van der Waals surface area contributed by atoms with E-state index in [1.54, 1.807) is 0 Å². The molecule has 0 spiro atoms. The zero-order valence-corrected chi connectivity index (χ0v) is 21.5. The Morgan fingerprint density at radius 2 is 0.750 bits per heavy atom. The van der Waals surface area contributed by atoms with Gasteiger partial charge in [0.05, 0.1) is 0 Å². The van der Waals surface area contributed by atoms with Crippen molar-refractivity contribution in [2.75, 3.05) is 0 Å². The molecule has 0 bridgehead atoms. The third-order valence-corrected chi connectivity index (χ3v) is 0. The van der Waals surface area contributed by atoms with Crippen molar-refractivity contribution in [3.8, 4) is 0 Å². The van der Waals surface area contributed by atoms with Crippen LogP contribution in [0.3, 0.4) is 0 Å². The molecule has 0 atom stereocenters. The fourth-order valence-corrected chi connectivity index (χ4v) is 0. The SMILES string of the molecule is O.O=P([O-])(O)O.O=P([O-])([O-])[O-].[H-].[Na+].[Na+].[Na+].[Na+].[Na+]. The van der Waals surface area contributed by atoms with E-state index in [0.717, 1.165) is 0 Å². The van der Waals surface area contributed by atoms with E-state index >= 15 is 0 Å². The Hall–Kier alpha value is 5.18. The van der Waals surface area contributed by atoms with E-state index in [-0.39, 0.29) is 155 Å². The molecule has 0 saturated heterocycles. The Labute approximate surface area is 204 Å². The van der Waals surface area contributed by atoms with E-state index in [4.69, 9.17) is 38.5 Å². The molecular formula is H5Na5O9P2. The van der Waals surface area contributed by atoms with E-state index in [1.165, 1.54) is 0 Å². The number of hydrogen-bond donors (Lipinski definition) is 2. The van der Waals surface area contributed by atoms with Gasteiger partial charge in [-0.05, 0) is 0 Å². The normalized spacial score (nSPS) is 7.38. The minimum absolute atomic E-state index is 0. The number of phosphoric acid groups is 2. The molecule has 16 heavy (non-hydrogen) atoms. The Balaban J connectivity index is -0.00000000762. The molecule has 9 nitrogen and oxygen atoms in total. The summed E-state index contributed by atoms with van der Waals surface area (Å²) in [4.78, 5) is 48.6. The summed E-state index contributed by atoms with van der Waals surface area (Å²) in [6.45, 7) is 0. The minimum Gasteiger partial charge on any atom is -1.00 e. The second-order valence-corrected chi connectivity index (χ2v) is 2.81. The van der Waals surface area contributed by atoms with E-state index < -0.39 is 15.6 Å². The van der Waals surface area contributed by atoms with Gasteiger partial charge in [0.25, 0.3) is 7.82 Å². The van der Waals surface area contributed by atoms with Crippen LogP contribution in [0.15, 0.2) is 0 Å². The molecule has 0 aromatic carbocycles. The van der Waals surface area contributed by atoms with Crippen molar-refractivity contribution < 1.29 is 193 Å². The van der Waals surface area contributed by atoms with Gasteiger partial charge in [-0.3, -0.25) is 4.57 Å². The van der Waals surface area contributed by atoms with Crippen molar-refractivity contribution >= 4 is 15.6 Å². The van der Waals surface area contributed by atoms with E-state index in [9.17, 15) is 0 Å². The molecule has 0 aliphatic rings. The van der Waals surface area contributed by atoms with Crippen molar-refractivity contribution in [1.82, 2.24) is 0 Å². The molecule has 0 saturated carbocycles. The van der Waals surface area contributed by atoms with Crippen LogP contribution in [0.2, 0.25) is 0 Å². The average Bonchev–Trinajstić information content (AvgIpc) is 1.12. The molecule has 0 fully saturated rings. The van der Waals surface area contributed by atoms with Crippen LogP contribution in [-0.2, 0) is 9.13 Å². The zero-order valence-electron chi connectivity index (χ0n) is 10.7. The van der Waals surface area contributed by atoms with Crippen LogP contribution in [-0.4, -0.2) is 15.3 Å². The van der Waals surface area contributed by atoms with Gasteiger partial charge in [-0.1, -0.05) is 0 Å². The van der Waals surface area contributed by atoms with E-state index in [1.807, 2.05) is 0 Å². The van der Waals surface area contributed by atoms with Gasteiger partial charge in [0.1, 0.15) is 0 Å². The van der Waals surface area contributed by atoms with Gasteiger partial charge in [-0.15, -0.1) is 0 Å². The second-order valence-electron chi connectivity index (χ2n) is 0.938. The summed E-state index contributed by atoms with van der Waals surface area (Å²) in [7, 11) is -10.3. The van der Waals surface area contributed by atoms with Crippen molar-refractivity contribution in [2.45, 2.75) is 0 Å². The molecule has 0 heterocycles. The summed E-state index contributed by atoms with van der Waals surface area (Å²) < 4.78 is 17.3. The molecule has 0 unspecified atom stereocenters.